The monoisotopic (exact) mass is 327 g/mol. The Labute approximate surface area is 140 Å². The molecule has 0 radical (unpaired) electrons. The largest absolute Gasteiger partial charge is 0.382 e. The predicted molar refractivity (Wildman–Crippen MR) is 93.2 cm³/mol. The van der Waals surface area contributed by atoms with E-state index in [0.29, 0.717) is 23.8 Å². The number of anilines is 3. The van der Waals surface area contributed by atoms with E-state index >= 15 is 0 Å². The predicted octanol–water partition coefficient (Wildman–Crippen LogP) is 1.09. The van der Waals surface area contributed by atoms with Gasteiger partial charge in [-0.25, -0.2) is 9.97 Å². The average molecular weight is 327 g/mol. The second kappa shape index (κ2) is 7.12. The number of pyridine rings is 1. The minimum Gasteiger partial charge on any atom is -0.382 e. The van der Waals surface area contributed by atoms with Crippen molar-refractivity contribution in [3.8, 4) is 0 Å². The van der Waals surface area contributed by atoms with Crippen LogP contribution in [0.5, 0.6) is 0 Å². The summed E-state index contributed by atoms with van der Waals surface area (Å²) in [5.74, 6) is 1.22. The standard InChI is InChI=1S/C16H21N7O/c1-18-14-7-15(22-10-21-14)23-6-2-3-11(23)8-20-13-4-5-19-9-12(13)16(17)24/h4-5,7,9-11H,2-3,6,8H2,1H3,(H2,17,24)(H,19,20)(H,18,21,22). The molecule has 3 heterocycles. The smallest absolute Gasteiger partial charge is 0.252 e. The van der Waals surface area contributed by atoms with Crippen LogP contribution in [0.4, 0.5) is 17.3 Å². The third kappa shape index (κ3) is 3.37. The Morgan fingerprint density at radius 3 is 3.12 bits per heavy atom. The van der Waals surface area contributed by atoms with Crippen molar-refractivity contribution in [2.45, 2.75) is 18.9 Å². The molecule has 1 amide bonds. The topological polar surface area (TPSA) is 109 Å². The number of carbonyl (C=O) groups excluding carboxylic acids is 1. The van der Waals surface area contributed by atoms with Crippen LogP contribution in [0, 0.1) is 0 Å². The lowest BCUT2D eigenvalue weighted by Crippen LogP contribution is -2.35. The van der Waals surface area contributed by atoms with Crippen LogP contribution in [-0.4, -0.2) is 47.0 Å². The van der Waals surface area contributed by atoms with Gasteiger partial charge in [-0.2, -0.15) is 0 Å². The molecule has 0 saturated carbocycles. The van der Waals surface area contributed by atoms with Crippen molar-refractivity contribution in [1.29, 1.82) is 0 Å². The highest BCUT2D eigenvalue weighted by atomic mass is 16.1. The van der Waals surface area contributed by atoms with Gasteiger partial charge in [-0.1, -0.05) is 0 Å². The number of amides is 1. The van der Waals surface area contributed by atoms with E-state index in [0.717, 1.165) is 31.0 Å². The normalized spacial score (nSPS) is 16.9. The fraction of sp³-hybridized carbons (Fsp3) is 0.375. The zero-order valence-corrected chi connectivity index (χ0v) is 13.6. The Balaban J connectivity index is 1.72. The minimum atomic E-state index is -0.483. The van der Waals surface area contributed by atoms with Crippen LogP contribution in [0.2, 0.25) is 0 Å². The number of primary amides is 1. The first-order valence-corrected chi connectivity index (χ1v) is 7.93. The summed E-state index contributed by atoms with van der Waals surface area (Å²) >= 11 is 0. The van der Waals surface area contributed by atoms with Gasteiger partial charge in [0.15, 0.2) is 0 Å². The van der Waals surface area contributed by atoms with Gasteiger partial charge in [-0.05, 0) is 18.9 Å². The molecule has 1 fully saturated rings. The molecule has 1 aliphatic heterocycles. The van der Waals surface area contributed by atoms with Crippen molar-refractivity contribution in [1.82, 2.24) is 15.0 Å². The molecular weight excluding hydrogens is 306 g/mol. The van der Waals surface area contributed by atoms with Crippen LogP contribution in [0.1, 0.15) is 23.2 Å². The molecule has 0 spiro atoms. The highest BCUT2D eigenvalue weighted by Gasteiger charge is 2.26. The molecule has 8 nitrogen and oxygen atoms in total. The molecule has 8 heteroatoms. The van der Waals surface area contributed by atoms with Gasteiger partial charge >= 0.3 is 0 Å². The molecule has 1 aliphatic rings. The highest BCUT2D eigenvalue weighted by molar-refractivity contribution is 5.98. The van der Waals surface area contributed by atoms with Gasteiger partial charge in [0.05, 0.1) is 11.3 Å². The number of nitrogens with zero attached hydrogens (tertiary/aromatic N) is 4. The Morgan fingerprint density at radius 2 is 2.33 bits per heavy atom. The lowest BCUT2D eigenvalue weighted by atomic mass is 10.2. The first-order chi connectivity index (χ1) is 11.7. The van der Waals surface area contributed by atoms with Crippen molar-refractivity contribution in [3.63, 3.8) is 0 Å². The number of hydrogen-bond donors (Lipinski definition) is 3. The molecule has 126 valence electrons. The SMILES string of the molecule is CNc1cc(N2CCCC2CNc2ccncc2C(N)=O)ncn1. The third-order valence-electron chi connectivity index (χ3n) is 4.19. The summed E-state index contributed by atoms with van der Waals surface area (Å²) in [6.07, 6.45) is 6.86. The van der Waals surface area contributed by atoms with Gasteiger partial charge in [0.25, 0.3) is 5.91 Å². The van der Waals surface area contributed by atoms with E-state index in [2.05, 4.69) is 30.5 Å². The molecule has 0 aliphatic carbocycles. The van der Waals surface area contributed by atoms with E-state index in [9.17, 15) is 4.79 Å². The van der Waals surface area contributed by atoms with Crippen molar-refractivity contribution in [2.24, 2.45) is 5.73 Å². The third-order valence-corrected chi connectivity index (χ3v) is 4.19. The highest BCUT2D eigenvalue weighted by Crippen LogP contribution is 2.25. The quantitative estimate of drug-likeness (QED) is 0.728. The Morgan fingerprint density at radius 1 is 1.46 bits per heavy atom. The van der Waals surface area contributed by atoms with E-state index < -0.39 is 5.91 Å². The molecule has 2 aromatic heterocycles. The molecule has 3 rings (SSSR count). The first-order valence-electron chi connectivity index (χ1n) is 7.93. The number of hydrogen-bond acceptors (Lipinski definition) is 7. The van der Waals surface area contributed by atoms with Crippen LogP contribution in [-0.2, 0) is 0 Å². The summed E-state index contributed by atoms with van der Waals surface area (Å²) < 4.78 is 0. The van der Waals surface area contributed by atoms with Crippen LogP contribution < -0.4 is 21.3 Å². The summed E-state index contributed by atoms with van der Waals surface area (Å²) in [5.41, 5.74) is 6.51. The fourth-order valence-electron chi connectivity index (χ4n) is 2.96. The van der Waals surface area contributed by atoms with Gasteiger partial charge in [0.1, 0.15) is 18.0 Å². The maximum atomic E-state index is 11.5. The first kappa shape index (κ1) is 16.0. The van der Waals surface area contributed by atoms with Crippen LogP contribution >= 0.6 is 0 Å². The number of rotatable bonds is 6. The van der Waals surface area contributed by atoms with E-state index in [-0.39, 0.29) is 0 Å². The lowest BCUT2D eigenvalue weighted by molar-refractivity contribution is 0.100. The summed E-state index contributed by atoms with van der Waals surface area (Å²) in [7, 11) is 1.84. The number of aromatic nitrogens is 3. The summed E-state index contributed by atoms with van der Waals surface area (Å²) in [4.78, 5) is 26.2. The number of carbonyl (C=O) groups is 1. The molecule has 2 aromatic rings. The van der Waals surface area contributed by atoms with Crippen molar-refractivity contribution in [3.05, 3.63) is 36.4 Å². The summed E-state index contributed by atoms with van der Waals surface area (Å²) in [6, 6.07) is 4.00. The lowest BCUT2D eigenvalue weighted by Gasteiger charge is -2.26. The van der Waals surface area contributed by atoms with E-state index in [1.165, 1.54) is 6.20 Å². The molecule has 0 bridgehead atoms. The van der Waals surface area contributed by atoms with Gasteiger partial charge in [-0.15, -0.1) is 0 Å². The van der Waals surface area contributed by atoms with Gasteiger partial charge in [-0.3, -0.25) is 9.78 Å². The second-order valence-electron chi connectivity index (χ2n) is 5.67. The average Bonchev–Trinajstić information content (AvgIpc) is 3.08. The molecule has 1 saturated heterocycles. The van der Waals surface area contributed by atoms with Crippen LogP contribution in [0.3, 0.4) is 0 Å². The molecule has 0 aromatic carbocycles. The van der Waals surface area contributed by atoms with E-state index in [4.69, 9.17) is 5.73 Å². The number of nitrogens with two attached hydrogens (primary N) is 1. The molecule has 24 heavy (non-hydrogen) atoms. The summed E-state index contributed by atoms with van der Waals surface area (Å²) in [5, 5.41) is 6.36. The minimum absolute atomic E-state index is 0.290. The Bertz CT molecular complexity index is 721. The molecule has 4 N–H and O–H groups in total. The molecule has 1 unspecified atom stereocenters. The fourth-order valence-corrected chi connectivity index (χ4v) is 2.96. The Hall–Kier alpha value is -2.90. The van der Waals surface area contributed by atoms with Gasteiger partial charge in [0.2, 0.25) is 0 Å². The molecule has 1 atom stereocenters. The van der Waals surface area contributed by atoms with Crippen molar-refractivity contribution in [2.75, 3.05) is 35.7 Å². The van der Waals surface area contributed by atoms with E-state index in [1.54, 1.807) is 18.6 Å². The zero-order chi connectivity index (χ0) is 16.9. The van der Waals surface area contributed by atoms with Crippen molar-refractivity contribution >= 4 is 23.2 Å². The Kier molecular flexibility index (Phi) is 4.74. The number of nitrogens with one attached hydrogen (secondary N) is 2. The van der Waals surface area contributed by atoms with Crippen molar-refractivity contribution < 1.29 is 4.79 Å². The van der Waals surface area contributed by atoms with Crippen LogP contribution in [0.25, 0.3) is 0 Å². The maximum Gasteiger partial charge on any atom is 0.252 e. The molecular formula is C16H21N7O. The van der Waals surface area contributed by atoms with Gasteiger partial charge < -0.3 is 21.3 Å². The second-order valence-corrected chi connectivity index (χ2v) is 5.67. The maximum absolute atomic E-state index is 11.5. The summed E-state index contributed by atoms with van der Waals surface area (Å²) in [6.45, 7) is 1.65. The van der Waals surface area contributed by atoms with E-state index in [1.807, 2.05) is 13.1 Å². The van der Waals surface area contributed by atoms with Gasteiger partial charge in [0, 0.05) is 44.6 Å². The van der Waals surface area contributed by atoms with Crippen LogP contribution in [0.15, 0.2) is 30.9 Å². The zero-order valence-electron chi connectivity index (χ0n) is 13.6.